The van der Waals surface area contributed by atoms with Crippen molar-refractivity contribution in [2.45, 2.75) is 24.9 Å². The second kappa shape index (κ2) is 12.3. The fourth-order valence-electron chi connectivity index (χ4n) is 6.07. The molecule has 3 N–H and O–H groups in total. The summed E-state index contributed by atoms with van der Waals surface area (Å²) in [7, 11) is 1.46. The van der Waals surface area contributed by atoms with Crippen molar-refractivity contribution in [3.8, 4) is 11.1 Å². The van der Waals surface area contributed by atoms with Gasteiger partial charge in [0.1, 0.15) is 0 Å². The van der Waals surface area contributed by atoms with Crippen molar-refractivity contribution < 1.29 is 36.6 Å². The number of carbonyl (C=O) groups excluding carboxylic acids is 1. The van der Waals surface area contributed by atoms with Crippen molar-refractivity contribution in [1.82, 2.24) is 14.2 Å². The number of nitrogens with zero attached hydrogens (tertiary/aromatic N) is 4. The molecule has 1 amide bonds. The van der Waals surface area contributed by atoms with Gasteiger partial charge in [0.05, 0.1) is 47.1 Å². The van der Waals surface area contributed by atoms with Crippen LogP contribution in [0.15, 0.2) is 89.9 Å². The van der Waals surface area contributed by atoms with Gasteiger partial charge in [0.25, 0.3) is 17.4 Å². The lowest BCUT2D eigenvalue weighted by atomic mass is 9.91. The van der Waals surface area contributed by atoms with E-state index in [4.69, 9.17) is 10.8 Å². The van der Waals surface area contributed by atoms with Gasteiger partial charge in [0.2, 0.25) is 0 Å². The molecule has 1 saturated heterocycles. The number of aliphatic carboxylic acids is 1. The summed E-state index contributed by atoms with van der Waals surface area (Å²) in [5.74, 6) is -4.19. The number of halogens is 5. The predicted octanol–water partition coefficient (Wildman–Crippen LogP) is 6.28. The third kappa shape index (κ3) is 6.41. The SMILES string of the molecule is Cn1c(=O)c(-c2cccc3c(CCC(=O)O)cccc23)c(C(F)(F)F)c2ccccc21.NC(=O)c1cc2ccc(N3CC(F)(F)C3)cn2n1. The Morgan fingerprint density at radius 3 is 2.29 bits per heavy atom. The minimum Gasteiger partial charge on any atom is -0.481 e. The molecule has 252 valence electrons. The van der Waals surface area contributed by atoms with Gasteiger partial charge >= 0.3 is 12.1 Å². The van der Waals surface area contributed by atoms with Crippen LogP contribution < -0.4 is 16.2 Å². The number of anilines is 1. The highest BCUT2D eigenvalue weighted by Crippen LogP contribution is 2.42. The molecule has 0 saturated carbocycles. The van der Waals surface area contributed by atoms with Crippen molar-refractivity contribution in [1.29, 1.82) is 0 Å². The predicted molar refractivity (Wildman–Crippen MR) is 174 cm³/mol. The van der Waals surface area contributed by atoms with Crippen LogP contribution in [0.1, 0.15) is 28.0 Å². The number of benzene rings is 3. The van der Waals surface area contributed by atoms with Crippen LogP contribution in [0.2, 0.25) is 0 Å². The average Bonchev–Trinajstić information content (AvgIpc) is 3.48. The Balaban J connectivity index is 0.000000195. The molecule has 1 fully saturated rings. The smallest absolute Gasteiger partial charge is 0.417 e. The van der Waals surface area contributed by atoms with Gasteiger partial charge < -0.3 is 20.3 Å². The summed E-state index contributed by atoms with van der Waals surface area (Å²) in [5.41, 5.74) is 5.58. The summed E-state index contributed by atoms with van der Waals surface area (Å²) in [6, 6.07) is 20.8. The Hall–Kier alpha value is -5.79. The van der Waals surface area contributed by atoms with E-state index in [-0.39, 0.29) is 48.1 Å². The second-order valence-electron chi connectivity index (χ2n) is 11.7. The number of aromatic nitrogens is 3. The van der Waals surface area contributed by atoms with Gasteiger partial charge in [-0.2, -0.15) is 18.3 Å². The number of carboxylic acids is 1. The van der Waals surface area contributed by atoms with Gasteiger partial charge in [0.15, 0.2) is 5.69 Å². The topological polar surface area (TPSA) is 123 Å². The number of pyridine rings is 2. The van der Waals surface area contributed by atoms with Crippen LogP contribution in [0.5, 0.6) is 0 Å². The first kappa shape index (κ1) is 33.1. The Morgan fingerprint density at radius 1 is 0.939 bits per heavy atom. The number of aryl methyl sites for hydroxylation is 2. The zero-order valence-electron chi connectivity index (χ0n) is 25.8. The van der Waals surface area contributed by atoms with Crippen LogP contribution in [0.25, 0.3) is 38.3 Å². The number of amides is 1. The van der Waals surface area contributed by atoms with E-state index in [0.29, 0.717) is 27.5 Å². The van der Waals surface area contributed by atoms with Crippen molar-refractivity contribution >= 4 is 44.8 Å². The van der Waals surface area contributed by atoms with Gasteiger partial charge in [-0.05, 0) is 52.6 Å². The van der Waals surface area contributed by atoms with E-state index in [9.17, 15) is 36.3 Å². The maximum absolute atomic E-state index is 14.3. The molecular weight excluding hydrogens is 649 g/mol. The molecular formula is C35H28F5N5O4. The lowest BCUT2D eigenvalue weighted by molar-refractivity contribution is -0.137. The molecule has 3 aromatic carbocycles. The maximum atomic E-state index is 14.3. The Labute approximate surface area is 274 Å². The molecule has 1 aliphatic rings. The Kier molecular flexibility index (Phi) is 8.34. The molecule has 0 atom stereocenters. The molecule has 1 aliphatic heterocycles. The third-order valence-electron chi connectivity index (χ3n) is 8.38. The number of para-hydroxylation sites is 1. The van der Waals surface area contributed by atoms with Gasteiger partial charge in [-0.25, -0.2) is 13.3 Å². The molecule has 9 nitrogen and oxygen atoms in total. The van der Waals surface area contributed by atoms with Crippen LogP contribution in [0.4, 0.5) is 27.6 Å². The summed E-state index contributed by atoms with van der Waals surface area (Å²) >= 11 is 0. The molecule has 6 aromatic rings. The number of hydrogen-bond donors (Lipinski definition) is 2. The monoisotopic (exact) mass is 677 g/mol. The fourth-order valence-corrected chi connectivity index (χ4v) is 6.07. The largest absolute Gasteiger partial charge is 0.481 e. The zero-order chi connectivity index (χ0) is 35.2. The van der Waals surface area contributed by atoms with Crippen LogP contribution in [-0.4, -0.2) is 50.2 Å². The van der Waals surface area contributed by atoms with Crippen molar-refractivity contribution in [2.24, 2.45) is 12.8 Å². The maximum Gasteiger partial charge on any atom is 0.417 e. The number of rotatable bonds is 6. The third-order valence-corrected chi connectivity index (χ3v) is 8.38. The number of fused-ring (bicyclic) bond motifs is 3. The molecule has 0 unspecified atom stereocenters. The van der Waals surface area contributed by atoms with Gasteiger partial charge in [-0.1, -0.05) is 54.6 Å². The molecule has 0 spiro atoms. The molecule has 0 aliphatic carbocycles. The first-order chi connectivity index (χ1) is 23.1. The van der Waals surface area contributed by atoms with Crippen molar-refractivity contribution in [3.63, 3.8) is 0 Å². The van der Waals surface area contributed by atoms with Gasteiger partial charge in [-0.15, -0.1) is 0 Å². The summed E-state index contributed by atoms with van der Waals surface area (Å²) < 4.78 is 71.0. The number of carbonyl (C=O) groups is 2. The highest BCUT2D eigenvalue weighted by Gasteiger charge is 2.44. The minimum absolute atomic E-state index is 0.0499. The lowest BCUT2D eigenvalue weighted by Gasteiger charge is -2.40. The molecule has 3 aromatic heterocycles. The molecule has 14 heteroatoms. The fraction of sp³-hybridized carbons (Fsp3) is 0.200. The number of carboxylic acid groups (broad SMARTS) is 1. The van der Waals surface area contributed by atoms with Gasteiger partial charge in [0, 0.05) is 18.9 Å². The van der Waals surface area contributed by atoms with E-state index >= 15 is 0 Å². The molecule has 0 radical (unpaired) electrons. The summed E-state index contributed by atoms with van der Waals surface area (Å²) in [6.07, 6.45) is -3.00. The van der Waals surface area contributed by atoms with Crippen LogP contribution in [0, 0.1) is 0 Å². The second-order valence-corrected chi connectivity index (χ2v) is 11.7. The van der Waals surface area contributed by atoms with Crippen LogP contribution >= 0.6 is 0 Å². The van der Waals surface area contributed by atoms with E-state index in [2.05, 4.69) is 5.10 Å². The highest BCUT2D eigenvalue weighted by molar-refractivity contribution is 6.01. The minimum atomic E-state index is -4.74. The lowest BCUT2D eigenvalue weighted by Crippen LogP contribution is -2.56. The van der Waals surface area contributed by atoms with E-state index < -0.39 is 40.7 Å². The van der Waals surface area contributed by atoms with E-state index in [1.54, 1.807) is 65.7 Å². The Morgan fingerprint density at radius 2 is 1.61 bits per heavy atom. The van der Waals surface area contributed by atoms with E-state index in [0.717, 1.165) is 0 Å². The average molecular weight is 678 g/mol. The summed E-state index contributed by atoms with van der Waals surface area (Å²) in [6.45, 7) is -0.578. The quantitative estimate of drug-likeness (QED) is 0.200. The number of alkyl halides is 5. The first-order valence-corrected chi connectivity index (χ1v) is 15.0. The molecule has 0 bridgehead atoms. The van der Waals surface area contributed by atoms with E-state index in [1.165, 1.54) is 40.4 Å². The van der Waals surface area contributed by atoms with Crippen LogP contribution in [-0.2, 0) is 24.4 Å². The number of primary amides is 1. The molecule has 4 heterocycles. The normalized spacial score (nSPS) is 14.0. The first-order valence-electron chi connectivity index (χ1n) is 15.0. The van der Waals surface area contributed by atoms with Crippen molar-refractivity contribution in [2.75, 3.05) is 18.0 Å². The standard InChI is InChI=1S/C24H18F3NO3.C11H10F2N4O/c1-28-19-11-3-2-7-18(19)22(24(25,26)27)21(23(28)31)17-10-5-8-15-14(12-13-20(29)30)6-4-9-16(15)17;12-11(13)5-16(6-11)8-2-1-7-3-9(10(14)18)15-17(7)4-8/h2-11H,12-13H2,1H3,(H,29,30);1-4H,5-6H2,(H2,14,18). The number of nitrogens with two attached hydrogens (primary N) is 1. The Bertz CT molecular complexity index is 2320. The summed E-state index contributed by atoms with van der Waals surface area (Å²) in [5, 5.41) is 14.0. The highest BCUT2D eigenvalue weighted by atomic mass is 19.4. The number of hydrogen-bond acceptors (Lipinski definition) is 5. The van der Waals surface area contributed by atoms with Gasteiger partial charge in [-0.3, -0.25) is 14.4 Å². The summed E-state index contributed by atoms with van der Waals surface area (Å²) in [4.78, 5) is 36.7. The molecule has 7 rings (SSSR count). The molecule has 49 heavy (non-hydrogen) atoms. The van der Waals surface area contributed by atoms with Crippen LogP contribution in [0.3, 0.4) is 0 Å². The van der Waals surface area contributed by atoms with Crippen molar-refractivity contribution in [3.05, 3.63) is 112 Å². The van der Waals surface area contributed by atoms with E-state index in [1.807, 2.05) is 0 Å². The zero-order valence-corrected chi connectivity index (χ0v) is 25.8.